The normalized spacial score (nSPS) is 27.9. The molecule has 2 fully saturated rings. The smallest absolute Gasteiger partial charge is 0.245 e. The first kappa shape index (κ1) is 21.9. The van der Waals surface area contributed by atoms with Gasteiger partial charge in [-0.2, -0.15) is 11.8 Å². The van der Waals surface area contributed by atoms with Crippen molar-refractivity contribution in [2.45, 2.75) is 43.6 Å². The molecule has 5 aliphatic rings. The molecule has 2 heterocycles. The van der Waals surface area contributed by atoms with Crippen molar-refractivity contribution in [1.82, 2.24) is 9.80 Å². The van der Waals surface area contributed by atoms with Crippen LogP contribution >= 0.6 is 11.8 Å². The van der Waals surface area contributed by atoms with Crippen LogP contribution in [0.3, 0.4) is 0 Å². The average Bonchev–Trinajstić information content (AvgIpc) is 3.15. The largest absolute Gasteiger partial charge is 0.341 e. The summed E-state index contributed by atoms with van der Waals surface area (Å²) in [5, 5.41) is 0. The second-order valence-electron chi connectivity index (χ2n) is 9.99. The van der Waals surface area contributed by atoms with E-state index in [1.807, 2.05) is 35.4 Å². The first-order valence-electron chi connectivity index (χ1n) is 12.5. The zero-order valence-corrected chi connectivity index (χ0v) is 20.3. The van der Waals surface area contributed by atoms with Gasteiger partial charge in [-0.3, -0.25) is 19.3 Å². The molecule has 3 atom stereocenters. The number of likely N-dealkylation sites (tertiary alicyclic amines) is 2. The predicted molar refractivity (Wildman–Crippen MR) is 133 cm³/mol. The highest BCUT2D eigenvalue weighted by atomic mass is 32.2. The fourth-order valence-electron chi connectivity index (χ4n) is 6.93. The van der Waals surface area contributed by atoms with E-state index >= 15 is 0 Å². The summed E-state index contributed by atoms with van der Waals surface area (Å²) in [5.74, 6) is -0.705. The Hall–Kier alpha value is -2.60. The molecular formula is C28H30N2O3S. The summed E-state index contributed by atoms with van der Waals surface area (Å²) in [6, 6.07) is 15.9. The number of thioether (sulfide) groups is 1. The van der Waals surface area contributed by atoms with E-state index in [0.29, 0.717) is 6.42 Å². The Balaban J connectivity index is 1.42. The van der Waals surface area contributed by atoms with E-state index in [2.05, 4.69) is 24.3 Å². The summed E-state index contributed by atoms with van der Waals surface area (Å²) in [7, 11) is 0. The highest BCUT2D eigenvalue weighted by molar-refractivity contribution is 7.98. The van der Waals surface area contributed by atoms with Crippen molar-refractivity contribution in [3.05, 3.63) is 70.8 Å². The number of imide groups is 1. The molecule has 2 aliphatic heterocycles. The van der Waals surface area contributed by atoms with Crippen LogP contribution in [-0.2, 0) is 14.4 Å². The predicted octanol–water partition coefficient (Wildman–Crippen LogP) is 4.01. The van der Waals surface area contributed by atoms with Gasteiger partial charge in [0.2, 0.25) is 17.7 Å². The molecule has 6 heteroatoms. The zero-order chi connectivity index (χ0) is 23.4. The number of amides is 3. The Morgan fingerprint density at radius 3 is 1.76 bits per heavy atom. The van der Waals surface area contributed by atoms with E-state index in [1.165, 1.54) is 27.2 Å². The van der Waals surface area contributed by atoms with Crippen molar-refractivity contribution in [3.8, 4) is 0 Å². The maximum atomic E-state index is 14.1. The highest BCUT2D eigenvalue weighted by Crippen LogP contribution is 2.61. The second-order valence-corrected chi connectivity index (χ2v) is 11.0. The molecule has 34 heavy (non-hydrogen) atoms. The Morgan fingerprint density at radius 2 is 1.32 bits per heavy atom. The third-order valence-electron chi connectivity index (χ3n) is 8.34. The van der Waals surface area contributed by atoms with Crippen molar-refractivity contribution in [3.63, 3.8) is 0 Å². The lowest BCUT2D eigenvalue weighted by molar-refractivity contribution is -0.152. The fraction of sp³-hybridized carbons (Fsp3) is 0.464. The summed E-state index contributed by atoms with van der Waals surface area (Å²) >= 11 is 1.65. The standard InChI is InChI=1S/C28H30N2O3S/c1-34-16-13-21(26(31)29-14-7-2-8-15-29)30-27(32)24-22-17-9-3-4-10-18(17)23(25(24)28(30)33)20-12-6-5-11-19(20)22/h3-6,9-12,21-25H,2,7-8,13-16H2,1H3/t21-,22?,23?,24+,25+/m1/s1. The SMILES string of the molecule is CSCC[C@H](C(=O)N1CCCCC1)N1C(=O)[C@H]2C3c4ccccc4C(c4ccccc43)[C@@H]2C1=O. The van der Waals surface area contributed by atoms with Crippen LogP contribution in [0.15, 0.2) is 48.5 Å². The van der Waals surface area contributed by atoms with Crippen LogP contribution in [0.5, 0.6) is 0 Å². The molecule has 0 unspecified atom stereocenters. The number of carbonyl (C=O) groups excluding carboxylic acids is 3. The van der Waals surface area contributed by atoms with Crippen molar-refractivity contribution < 1.29 is 14.4 Å². The van der Waals surface area contributed by atoms with Crippen LogP contribution in [0, 0.1) is 11.8 Å². The lowest BCUT2D eigenvalue weighted by atomic mass is 9.55. The molecule has 0 spiro atoms. The Kier molecular flexibility index (Phi) is 5.51. The third kappa shape index (κ3) is 3.10. The first-order valence-corrected chi connectivity index (χ1v) is 13.8. The van der Waals surface area contributed by atoms with Crippen LogP contribution in [0.1, 0.15) is 59.8 Å². The highest BCUT2D eigenvalue weighted by Gasteiger charge is 2.63. The molecule has 2 aromatic rings. The van der Waals surface area contributed by atoms with E-state index in [-0.39, 0.29) is 29.6 Å². The Morgan fingerprint density at radius 1 is 0.853 bits per heavy atom. The zero-order valence-electron chi connectivity index (χ0n) is 19.5. The molecule has 5 nitrogen and oxygen atoms in total. The minimum Gasteiger partial charge on any atom is -0.341 e. The van der Waals surface area contributed by atoms with Gasteiger partial charge in [-0.05, 0) is 59.9 Å². The molecule has 0 N–H and O–H groups in total. The summed E-state index contributed by atoms with van der Waals surface area (Å²) in [6.07, 6.45) is 5.63. The lowest BCUT2D eigenvalue weighted by Crippen LogP contribution is -2.52. The minimum absolute atomic E-state index is 0.0449. The van der Waals surface area contributed by atoms with Gasteiger partial charge in [0.1, 0.15) is 6.04 Å². The third-order valence-corrected chi connectivity index (χ3v) is 8.99. The van der Waals surface area contributed by atoms with Gasteiger partial charge in [0.05, 0.1) is 11.8 Å². The van der Waals surface area contributed by atoms with Crippen molar-refractivity contribution in [1.29, 1.82) is 0 Å². The van der Waals surface area contributed by atoms with Gasteiger partial charge in [0.25, 0.3) is 0 Å². The van der Waals surface area contributed by atoms with E-state index in [0.717, 1.165) is 38.1 Å². The van der Waals surface area contributed by atoms with Gasteiger partial charge in [0, 0.05) is 24.9 Å². The Labute approximate surface area is 204 Å². The van der Waals surface area contributed by atoms with Gasteiger partial charge in [-0.15, -0.1) is 0 Å². The maximum Gasteiger partial charge on any atom is 0.245 e. The molecule has 7 rings (SSSR count). The van der Waals surface area contributed by atoms with Crippen molar-refractivity contribution >= 4 is 29.5 Å². The molecular weight excluding hydrogens is 444 g/mol. The molecule has 0 radical (unpaired) electrons. The van der Waals surface area contributed by atoms with Crippen LogP contribution in [-0.4, -0.2) is 58.7 Å². The Bertz CT molecular complexity index is 1040. The van der Waals surface area contributed by atoms with Gasteiger partial charge in [-0.25, -0.2) is 0 Å². The molecule has 2 bridgehead atoms. The van der Waals surface area contributed by atoms with Crippen LogP contribution < -0.4 is 0 Å². The average molecular weight is 475 g/mol. The van der Waals surface area contributed by atoms with Crippen LogP contribution in [0.25, 0.3) is 0 Å². The summed E-state index contributed by atoms with van der Waals surface area (Å²) < 4.78 is 0. The summed E-state index contributed by atoms with van der Waals surface area (Å²) in [6.45, 7) is 1.44. The number of carbonyl (C=O) groups is 3. The number of rotatable bonds is 5. The summed E-state index contributed by atoms with van der Waals surface area (Å²) in [5.41, 5.74) is 4.66. The number of hydrogen-bond donors (Lipinski definition) is 0. The molecule has 3 aliphatic carbocycles. The molecule has 2 saturated heterocycles. The van der Waals surface area contributed by atoms with Gasteiger partial charge < -0.3 is 4.90 Å². The number of piperidine rings is 1. The lowest BCUT2D eigenvalue weighted by Gasteiger charge is -2.45. The van der Waals surface area contributed by atoms with Gasteiger partial charge >= 0.3 is 0 Å². The minimum atomic E-state index is -0.693. The summed E-state index contributed by atoms with van der Waals surface area (Å²) in [4.78, 5) is 45.1. The van der Waals surface area contributed by atoms with Crippen molar-refractivity contribution in [2.75, 3.05) is 25.1 Å². The second kappa shape index (κ2) is 8.56. The van der Waals surface area contributed by atoms with Gasteiger partial charge in [0.15, 0.2) is 0 Å². The van der Waals surface area contributed by atoms with Crippen molar-refractivity contribution in [2.24, 2.45) is 11.8 Å². The van der Waals surface area contributed by atoms with Crippen LogP contribution in [0.4, 0.5) is 0 Å². The number of benzene rings is 2. The van der Waals surface area contributed by atoms with Gasteiger partial charge in [-0.1, -0.05) is 48.5 Å². The quantitative estimate of drug-likeness (QED) is 0.615. The molecule has 2 aromatic carbocycles. The van der Waals surface area contributed by atoms with E-state index in [4.69, 9.17) is 0 Å². The maximum absolute atomic E-state index is 14.1. The molecule has 176 valence electrons. The van der Waals surface area contributed by atoms with E-state index < -0.39 is 17.9 Å². The molecule has 0 aromatic heterocycles. The first-order chi connectivity index (χ1) is 16.6. The van der Waals surface area contributed by atoms with Crippen LogP contribution in [0.2, 0.25) is 0 Å². The molecule has 0 saturated carbocycles. The number of nitrogens with zero attached hydrogens (tertiary/aromatic N) is 2. The van der Waals surface area contributed by atoms with E-state index in [1.54, 1.807) is 11.8 Å². The number of hydrogen-bond acceptors (Lipinski definition) is 4. The topological polar surface area (TPSA) is 57.7 Å². The van der Waals surface area contributed by atoms with E-state index in [9.17, 15) is 14.4 Å². The molecule has 3 amide bonds. The monoisotopic (exact) mass is 474 g/mol. The fourth-order valence-corrected chi connectivity index (χ4v) is 7.38.